The molecule has 2 aromatic heterocycles. The lowest BCUT2D eigenvalue weighted by atomic mass is 10.2. The molecular weight excluding hydrogens is 248 g/mol. The molecule has 0 radical (unpaired) electrons. The van der Waals surface area contributed by atoms with Crippen LogP contribution in [-0.2, 0) is 6.61 Å². The molecule has 0 bridgehead atoms. The third kappa shape index (κ3) is 2.54. The minimum Gasteiger partial charge on any atom is -0.473 e. The van der Waals surface area contributed by atoms with Crippen LogP contribution in [0.5, 0.6) is 5.88 Å². The van der Waals surface area contributed by atoms with Gasteiger partial charge in [-0.3, -0.25) is 9.51 Å². The number of nitrogens with zero attached hydrogens (tertiary/aromatic N) is 2. The number of aromatic amines is 2. The Labute approximate surface area is 107 Å². The van der Waals surface area contributed by atoms with Crippen molar-refractivity contribution < 1.29 is 9.26 Å². The van der Waals surface area contributed by atoms with Gasteiger partial charge in [0, 0.05) is 0 Å². The molecule has 0 saturated carbocycles. The summed E-state index contributed by atoms with van der Waals surface area (Å²) in [6.45, 7) is 0.428. The molecule has 3 rings (SSSR count). The second-order valence-corrected chi connectivity index (χ2v) is 3.81. The molecule has 0 spiro atoms. The molecule has 2 heterocycles. The predicted octanol–water partition coefficient (Wildman–Crippen LogP) is 1.33. The first-order valence-corrected chi connectivity index (χ1v) is 5.59. The maximum absolute atomic E-state index is 10.8. The standard InChI is InChI=1S/C12H10N4O3/c17-12-15-11(16-19-12)10-13-6-9(14-10)18-7-8-4-2-1-3-5-8/h1-6H,7H2,(H,13,14)(H,15,16,17). The van der Waals surface area contributed by atoms with Gasteiger partial charge in [0.15, 0.2) is 5.82 Å². The summed E-state index contributed by atoms with van der Waals surface area (Å²) in [5, 5.41) is 3.53. The van der Waals surface area contributed by atoms with E-state index in [9.17, 15) is 4.79 Å². The lowest BCUT2D eigenvalue weighted by molar-refractivity contribution is 0.295. The van der Waals surface area contributed by atoms with Crippen molar-refractivity contribution in [1.82, 2.24) is 20.1 Å². The van der Waals surface area contributed by atoms with E-state index >= 15 is 0 Å². The van der Waals surface area contributed by atoms with E-state index in [4.69, 9.17) is 4.74 Å². The predicted molar refractivity (Wildman–Crippen MR) is 65.5 cm³/mol. The Bertz CT molecular complexity index is 714. The van der Waals surface area contributed by atoms with Crippen molar-refractivity contribution in [3.05, 3.63) is 52.6 Å². The number of hydrogen-bond acceptors (Lipinski definition) is 5. The zero-order valence-electron chi connectivity index (χ0n) is 9.79. The molecular formula is C12H10N4O3. The Morgan fingerprint density at radius 1 is 1.16 bits per heavy atom. The summed E-state index contributed by atoms with van der Waals surface area (Å²) in [6, 6.07) is 9.76. The Hall–Kier alpha value is -2.83. The van der Waals surface area contributed by atoms with E-state index in [1.165, 1.54) is 6.20 Å². The van der Waals surface area contributed by atoms with Gasteiger partial charge in [-0.2, -0.15) is 0 Å². The highest BCUT2D eigenvalue weighted by atomic mass is 16.5. The smallest absolute Gasteiger partial charge is 0.439 e. The molecule has 0 amide bonds. The normalized spacial score (nSPS) is 10.5. The molecule has 0 aliphatic heterocycles. The lowest BCUT2D eigenvalue weighted by Crippen LogP contribution is -1.96. The summed E-state index contributed by atoms with van der Waals surface area (Å²) < 4.78 is 9.93. The highest BCUT2D eigenvalue weighted by Gasteiger charge is 2.09. The fourth-order valence-electron chi connectivity index (χ4n) is 1.57. The van der Waals surface area contributed by atoms with Gasteiger partial charge in [0.2, 0.25) is 11.7 Å². The summed E-state index contributed by atoms with van der Waals surface area (Å²) in [5.41, 5.74) is 1.05. The van der Waals surface area contributed by atoms with Crippen LogP contribution in [0.3, 0.4) is 0 Å². The molecule has 0 unspecified atom stereocenters. The molecule has 0 fully saturated rings. The average molecular weight is 258 g/mol. The van der Waals surface area contributed by atoms with Crippen LogP contribution in [0.25, 0.3) is 11.6 Å². The monoisotopic (exact) mass is 258 g/mol. The van der Waals surface area contributed by atoms with Gasteiger partial charge in [0.05, 0.1) is 6.20 Å². The minimum absolute atomic E-state index is 0.236. The van der Waals surface area contributed by atoms with Crippen LogP contribution in [0.1, 0.15) is 5.56 Å². The fraction of sp³-hybridized carbons (Fsp3) is 0.0833. The summed E-state index contributed by atoms with van der Waals surface area (Å²) in [7, 11) is 0. The Morgan fingerprint density at radius 2 is 2.00 bits per heavy atom. The number of hydrogen-bond donors (Lipinski definition) is 2. The van der Waals surface area contributed by atoms with Crippen molar-refractivity contribution in [2.24, 2.45) is 0 Å². The van der Waals surface area contributed by atoms with Gasteiger partial charge in [-0.25, -0.2) is 9.78 Å². The Kier molecular flexibility index (Phi) is 2.85. The molecule has 7 nitrogen and oxygen atoms in total. The maximum Gasteiger partial charge on any atom is 0.439 e. The van der Waals surface area contributed by atoms with Crippen molar-refractivity contribution in [2.45, 2.75) is 6.61 Å². The van der Waals surface area contributed by atoms with E-state index in [1.54, 1.807) is 0 Å². The van der Waals surface area contributed by atoms with Gasteiger partial charge in [0.25, 0.3) is 0 Å². The van der Waals surface area contributed by atoms with E-state index in [1.807, 2.05) is 30.3 Å². The zero-order chi connectivity index (χ0) is 13.1. The van der Waals surface area contributed by atoms with E-state index in [0.29, 0.717) is 18.3 Å². The molecule has 7 heteroatoms. The lowest BCUT2D eigenvalue weighted by Gasteiger charge is -2.02. The van der Waals surface area contributed by atoms with E-state index < -0.39 is 5.76 Å². The van der Waals surface area contributed by atoms with Gasteiger partial charge < -0.3 is 9.72 Å². The maximum atomic E-state index is 10.8. The van der Waals surface area contributed by atoms with Crippen LogP contribution in [0.15, 0.2) is 45.8 Å². The number of H-pyrrole nitrogens is 2. The second-order valence-electron chi connectivity index (χ2n) is 3.81. The van der Waals surface area contributed by atoms with Crippen molar-refractivity contribution in [2.75, 3.05) is 0 Å². The molecule has 0 aliphatic carbocycles. The zero-order valence-corrected chi connectivity index (χ0v) is 9.79. The SMILES string of the molecule is O=c1[nH]c(-c2ncc(OCc3ccccc3)[nH]2)no1. The number of rotatable bonds is 4. The van der Waals surface area contributed by atoms with Crippen LogP contribution < -0.4 is 10.5 Å². The number of benzene rings is 1. The fourth-order valence-corrected chi connectivity index (χ4v) is 1.57. The van der Waals surface area contributed by atoms with Crippen LogP contribution >= 0.6 is 0 Å². The first-order valence-electron chi connectivity index (χ1n) is 5.59. The summed E-state index contributed by atoms with van der Waals surface area (Å²) in [5.74, 6) is 0.481. The average Bonchev–Trinajstić information content (AvgIpc) is 3.06. The van der Waals surface area contributed by atoms with Crippen molar-refractivity contribution in [3.63, 3.8) is 0 Å². The molecule has 0 atom stereocenters. The van der Waals surface area contributed by atoms with Crippen LogP contribution in [0, 0.1) is 0 Å². The summed E-state index contributed by atoms with van der Waals surface area (Å²) in [6.07, 6.45) is 1.52. The molecule has 1 aromatic carbocycles. The molecule has 96 valence electrons. The van der Waals surface area contributed by atoms with Crippen molar-refractivity contribution in [1.29, 1.82) is 0 Å². The van der Waals surface area contributed by atoms with E-state index in [2.05, 4.69) is 24.6 Å². The summed E-state index contributed by atoms with van der Waals surface area (Å²) >= 11 is 0. The van der Waals surface area contributed by atoms with Gasteiger partial charge in [-0.15, -0.1) is 0 Å². The number of ether oxygens (including phenoxy) is 1. The summed E-state index contributed by atoms with van der Waals surface area (Å²) in [4.78, 5) is 20.1. The minimum atomic E-state index is -0.627. The second kappa shape index (κ2) is 4.81. The Morgan fingerprint density at radius 3 is 2.74 bits per heavy atom. The van der Waals surface area contributed by atoms with E-state index in [0.717, 1.165) is 5.56 Å². The number of imidazole rings is 1. The molecule has 3 aromatic rings. The van der Waals surface area contributed by atoms with Gasteiger partial charge in [-0.05, 0) is 5.56 Å². The first-order chi connectivity index (χ1) is 9.31. The molecule has 0 aliphatic rings. The van der Waals surface area contributed by atoms with E-state index in [-0.39, 0.29) is 5.82 Å². The van der Waals surface area contributed by atoms with Gasteiger partial charge >= 0.3 is 5.76 Å². The van der Waals surface area contributed by atoms with Gasteiger partial charge in [-0.1, -0.05) is 35.5 Å². The molecule has 0 saturated heterocycles. The van der Waals surface area contributed by atoms with Gasteiger partial charge in [0.1, 0.15) is 6.61 Å². The number of aromatic nitrogens is 4. The van der Waals surface area contributed by atoms with Crippen LogP contribution in [-0.4, -0.2) is 20.1 Å². The number of nitrogens with one attached hydrogen (secondary N) is 2. The third-order valence-corrected chi connectivity index (χ3v) is 2.45. The van der Waals surface area contributed by atoms with Crippen molar-refractivity contribution in [3.8, 4) is 17.5 Å². The van der Waals surface area contributed by atoms with Crippen LogP contribution in [0.4, 0.5) is 0 Å². The molecule has 2 N–H and O–H groups in total. The van der Waals surface area contributed by atoms with Crippen LogP contribution in [0.2, 0.25) is 0 Å². The molecule has 19 heavy (non-hydrogen) atoms. The Balaban J connectivity index is 1.70. The highest BCUT2D eigenvalue weighted by molar-refractivity contribution is 5.42. The quantitative estimate of drug-likeness (QED) is 0.735. The largest absolute Gasteiger partial charge is 0.473 e. The topological polar surface area (TPSA) is 96.8 Å². The third-order valence-electron chi connectivity index (χ3n) is 2.45. The highest BCUT2D eigenvalue weighted by Crippen LogP contribution is 2.14. The first kappa shape index (κ1) is 11.3. The van der Waals surface area contributed by atoms with Crippen molar-refractivity contribution >= 4 is 0 Å².